The molecule has 3 N–H and O–H groups in total. The highest BCUT2D eigenvalue weighted by Gasteiger charge is 2.17. The molecule has 1 aromatic carbocycles. The molecule has 192 valence electrons. The molecule has 7 aromatic rings. The van der Waals surface area contributed by atoms with E-state index in [1.165, 1.54) is 5.56 Å². The Morgan fingerprint density at radius 2 is 1.62 bits per heavy atom. The molecule has 0 aliphatic carbocycles. The molecule has 0 aliphatic rings. The molecular formula is C31H23N9. The molecule has 9 heteroatoms. The number of anilines is 1. The number of rotatable bonds is 7. The maximum absolute atomic E-state index is 4.95. The summed E-state index contributed by atoms with van der Waals surface area (Å²) in [6, 6.07) is 21.9. The van der Waals surface area contributed by atoms with Gasteiger partial charge in [0.1, 0.15) is 11.0 Å². The van der Waals surface area contributed by atoms with Crippen LogP contribution in [0.25, 0.3) is 56.1 Å². The molecule has 7 rings (SSSR count). The maximum Gasteiger partial charge on any atom is 0.161 e. The number of allylic oxidation sites excluding steroid dienone is 1. The summed E-state index contributed by atoms with van der Waals surface area (Å²) in [6.45, 7) is 4.19. The molecule has 0 aliphatic heterocycles. The average Bonchev–Trinajstić information content (AvgIpc) is 3.62. The largest absolute Gasteiger partial charge is 0.358 e. The monoisotopic (exact) mass is 521 g/mol. The predicted octanol–water partition coefficient (Wildman–Crippen LogP) is 6.19. The maximum atomic E-state index is 4.95. The molecule has 0 amide bonds. The van der Waals surface area contributed by atoms with Crippen molar-refractivity contribution >= 4 is 27.8 Å². The lowest BCUT2D eigenvalue weighted by Crippen LogP contribution is -2.02. The number of fused-ring (bicyclic) bond motifs is 2. The van der Waals surface area contributed by atoms with E-state index in [-0.39, 0.29) is 0 Å². The Balaban J connectivity index is 1.21. The fourth-order valence-electron chi connectivity index (χ4n) is 4.73. The van der Waals surface area contributed by atoms with Gasteiger partial charge in [-0.3, -0.25) is 20.1 Å². The Morgan fingerprint density at radius 1 is 0.775 bits per heavy atom. The molecule has 0 atom stereocenters. The third-order valence-electron chi connectivity index (χ3n) is 6.60. The zero-order chi connectivity index (χ0) is 26.9. The summed E-state index contributed by atoms with van der Waals surface area (Å²) in [7, 11) is 0. The van der Waals surface area contributed by atoms with Crippen LogP contribution in [-0.4, -0.2) is 40.1 Å². The highest BCUT2D eigenvalue weighted by molar-refractivity contribution is 5.95. The van der Waals surface area contributed by atoms with Crippen molar-refractivity contribution in [2.45, 2.75) is 6.42 Å². The van der Waals surface area contributed by atoms with Crippen LogP contribution in [0, 0.1) is 0 Å². The van der Waals surface area contributed by atoms with Crippen molar-refractivity contribution < 1.29 is 0 Å². The highest BCUT2D eigenvalue weighted by Crippen LogP contribution is 2.31. The first-order chi connectivity index (χ1) is 19.7. The van der Waals surface area contributed by atoms with Crippen molar-refractivity contribution in [3.05, 3.63) is 116 Å². The van der Waals surface area contributed by atoms with E-state index in [4.69, 9.17) is 9.97 Å². The van der Waals surface area contributed by atoms with Gasteiger partial charge in [-0.15, -0.1) is 0 Å². The Labute approximate surface area is 229 Å². The van der Waals surface area contributed by atoms with Gasteiger partial charge in [0.15, 0.2) is 11.5 Å². The first-order valence-electron chi connectivity index (χ1n) is 12.8. The predicted molar refractivity (Wildman–Crippen MR) is 156 cm³/mol. The Hall–Kier alpha value is -5.70. The topological polar surface area (TPSA) is 121 Å². The Kier molecular flexibility index (Phi) is 5.78. The number of aromatic amines is 2. The van der Waals surface area contributed by atoms with Gasteiger partial charge in [-0.25, -0.2) is 9.97 Å². The number of aromatic nitrogens is 8. The smallest absolute Gasteiger partial charge is 0.161 e. The number of H-pyrrole nitrogens is 2. The van der Waals surface area contributed by atoms with Gasteiger partial charge in [0.05, 0.1) is 34.3 Å². The van der Waals surface area contributed by atoms with Crippen LogP contribution in [0.4, 0.5) is 5.69 Å². The molecule has 0 unspecified atom stereocenters. The van der Waals surface area contributed by atoms with E-state index in [1.807, 2.05) is 54.6 Å². The average molecular weight is 522 g/mol. The Morgan fingerprint density at radius 3 is 2.50 bits per heavy atom. The van der Waals surface area contributed by atoms with Crippen molar-refractivity contribution in [3.8, 4) is 34.0 Å². The quantitative estimate of drug-likeness (QED) is 0.229. The van der Waals surface area contributed by atoms with Crippen LogP contribution in [0.3, 0.4) is 0 Å². The molecule has 0 saturated carbocycles. The van der Waals surface area contributed by atoms with Gasteiger partial charge in [-0.05, 0) is 42.0 Å². The van der Waals surface area contributed by atoms with Crippen molar-refractivity contribution in [1.82, 2.24) is 40.1 Å². The van der Waals surface area contributed by atoms with E-state index in [9.17, 15) is 0 Å². The SMILES string of the molecule is C=C(Cc1ccccc1)Nc1cncc(-c2ccc3[nH]nc(-c4nc5c(-c6ccncc6)nccc5[nH]4)c3n2)c1. The van der Waals surface area contributed by atoms with E-state index in [1.54, 1.807) is 31.0 Å². The normalized spacial score (nSPS) is 11.2. The molecule has 0 fully saturated rings. The number of nitrogens with zero attached hydrogens (tertiary/aromatic N) is 6. The summed E-state index contributed by atoms with van der Waals surface area (Å²) < 4.78 is 0. The van der Waals surface area contributed by atoms with E-state index in [2.05, 4.69) is 54.2 Å². The van der Waals surface area contributed by atoms with E-state index in [0.717, 1.165) is 56.9 Å². The zero-order valence-corrected chi connectivity index (χ0v) is 21.3. The van der Waals surface area contributed by atoms with E-state index in [0.29, 0.717) is 17.0 Å². The van der Waals surface area contributed by atoms with Crippen molar-refractivity contribution in [3.63, 3.8) is 0 Å². The highest BCUT2D eigenvalue weighted by atomic mass is 15.2. The number of nitrogens with one attached hydrogen (secondary N) is 3. The molecule has 40 heavy (non-hydrogen) atoms. The fraction of sp³-hybridized carbons (Fsp3) is 0.0323. The summed E-state index contributed by atoms with van der Waals surface area (Å²) in [5.41, 5.74) is 10.1. The zero-order valence-electron chi connectivity index (χ0n) is 21.3. The molecule has 6 heterocycles. The molecular weight excluding hydrogens is 498 g/mol. The fourth-order valence-corrected chi connectivity index (χ4v) is 4.73. The standard InChI is InChI=1S/C31H23N9/c1-19(15-20-5-3-2-4-6-20)35-23-16-22(17-33-18-23)24-7-8-26-29(36-24)30(40-39-26)31-37-25-11-14-34-27(28(25)38-31)21-9-12-32-13-10-21/h2-14,16-18,35H,1,15H2,(H,37,38)(H,39,40). The van der Waals surface area contributed by atoms with Gasteiger partial charge in [0.2, 0.25) is 0 Å². The first kappa shape index (κ1) is 23.4. The van der Waals surface area contributed by atoms with Gasteiger partial charge in [0, 0.05) is 48.0 Å². The first-order valence-corrected chi connectivity index (χ1v) is 12.8. The second-order valence-corrected chi connectivity index (χ2v) is 9.40. The molecule has 0 radical (unpaired) electrons. The van der Waals surface area contributed by atoms with Crippen LogP contribution in [0.2, 0.25) is 0 Å². The van der Waals surface area contributed by atoms with Crippen LogP contribution >= 0.6 is 0 Å². The third kappa shape index (κ3) is 4.45. The van der Waals surface area contributed by atoms with Crippen LogP contribution in [0.5, 0.6) is 0 Å². The summed E-state index contributed by atoms with van der Waals surface area (Å²) >= 11 is 0. The van der Waals surface area contributed by atoms with Crippen molar-refractivity contribution in [1.29, 1.82) is 0 Å². The lowest BCUT2D eigenvalue weighted by Gasteiger charge is -2.11. The number of hydrogen-bond acceptors (Lipinski definition) is 7. The minimum Gasteiger partial charge on any atom is -0.358 e. The number of benzene rings is 1. The van der Waals surface area contributed by atoms with Crippen LogP contribution in [0.15, 0.2) is 110 Å². The third-order valence-corrected chi connectivity index (χ3v) is 6.60. The molecule has 6 aromatic heterocycles. The number of pyridine rings is 4. The molecule has 0 bridgehead atoms. The number of imidazole rings is 1. The van der Waals surface area contributed by atoms with Crippen LogP contribution in [-0.2, 0) is 6.42 Å². The lowest BCUT2D eigenvalue weighted by atomic mass is 10.1. The van der Waals surface area contributed by atoms with Crippen LogP contribution in [0.1, 0.15) is 5.56 Å². The van der Waals surface area contributed by atoms with Crippen molar-refractivity contribution in [2.24, 2.45) is 0 Å². The molecule has 0 saturated heterocycles. The second kappa shape index (κ2) is 9.88. The lowest BCUT2D eigenvalue weighted by molar-refractivity contribution is 1.10. The van der Waals surface area contributed by atoms with E-state index < -0.39 is 0 Å². The second-order valence-electron chi connectivity index (χ2n) is 9.40. The van der Waals surface area contributed by atoms with Gasteiger partial charge < -0.3 is 10.3 Å². The van der Waals surface area contributed by atoms with E-state index >= 15 is 0 Å². The summed E-state index contributed by atoms with van der Waals surface area (Å²) in [5, 5.41) is 11.0. The minimum atomic E-state index is 0.611. The van der Waals surface area contributed by atoms with Crippen molar-refractivity contribution in [2.75, 3.05) is 5.32 Å². The van der Waals surface area contributed by atoms with Gasteiger partial charge in [0.25, 0.3) is 0 Å². The molecule has 9 nitrogen and oxygen atoms in total. The Bertz CT molecular complexity index is 1980. The summed E-state index contributed by atoms with van der Waals surface area (Å²) in [4.78, 5) is 26.3. The number of hydrogen-bond donors (Lipinski definition) is 3. The summed E-state index contributed by atoms with van der Waals surface area (Å²) in [6.07, 6.45) is 9.56. The molecule has 0 spiro atoms. The van der Waals surface area contributed by atoms with Gasteiger partial charge in [-0.2, -0.15) is 5.10 Å². The summed E-state index contributed by atoms with van der Waals surface area (Å²) in [5.74, 6) is 0.611. The van der Waals surface area contributed by atoms with Crippen LogP contribution < -0.4 is 5.32 Å². The minimum absolute atomic E-state index is 0.611. The van der Waals surface area contributed by atoms with Gasteiger partial charge >= 0.3 is 0 Å². The van der Waals surface area contributed by atoms with Gasteiger partial charge in [-0.1, -0.05) is 36.9 Å².